The SMILES string of the molecule is CCC[C@@H](N)c1cc(F)ccc1Br.Cl. The monoisotopic (exact) mass is 281 g/mol. The summed E-state index contributed by atoms with van der Waals surface area (Å²) < 4.78 is 13.8. The van der Waals surface area contributed by atoms with Gasteiger partial charge >= 0.3 is 0 Å². The molecule has 4 heteroatoms. The van der Waals surface area contributed by atoms with Gasteiger partial charge in [-0.25, -0.2) is 4.39 Å². The topological polar surface area (TPSA) is 26.0 Å². The van der Waals surface area contributed by atoms with E-state index >= 15 is 0 Å². The summed E-state index contributed by atoms with van der Waals surface area (Å²) in [5, 5.41) is 0. The zero-order valence-corrected chi connectivity index (χ0v) is 10.4. The van der Waals surface area contributed by atoms with Crippen LogP contribution in [0.15, 0.2) is 22.7 Å². The van der Waals surface area contributed by atoms with Gasteiger partial charge in [-0.15, -0.1) is 12.4 Å². The van der Waals surface area contributed by atoms with E-state index in [1.165, 1.54) is 12.1 Å². The second-order valence-electron chi connectivity index (χ2n) is 3.06. The van der Waals surface area contributed by atoms with Crippen LogP contribution in [-0.2, 0) is 0 Å². The maximum absolute atomic E-state index is 12.9. The average molecular weight is 283 g/mol. The summed E-state index contributed by atoms with van der Waals surface area (Å²) in [5.41, 5.74) is 6.73. The molecule has 0 bridgehead atoms. The Balaban J connectivity index is 0.00000169. The van der Waals surface area contributed by atoms with Crippen LogP contribution in [0.3, 0.4) is 0 Å². The second-order valence-corrected chi connectivity index (χ2v) is 3.92. The first-order chi connectivity index (χ1) is 6.15. The minimum Gasteiger partial charge on any atom is -0.324 e. The molecule has 2 N–H and O–H groups in total. The third-order valence-electron chi connectivity index (χ3n) is 1.96. The highest BCUT2D eigenvalue weighted by Gasteiger charge is 2.09. The predicted octanol–water partition coefficient (Wildman–Crippen LogP) is 3.81. The molecule has 0 unspecified atom stereocenters. The van der Waals surface area contributed by atoms with Crippen LogP contribution in [0.4, 0.5) is 4.39 Å². The lowest BCUT2D eigenvalue weighted by Gasteiger charge is -2.12. The summed E-state index contributed by atoms with van der Waals surface area (Å²) in [7, 11) is 0. The molecule has 14 heavy (non-hydrogen) atoms. The summed E-state index contributed by atoms with van der Waals surface area (Å²) in [4.78, 5) is 0. The molecule has 0 saturated carbocycles. The molecule has 1 nitrogen and oxygen atoms in total. The molecule has 0 aliphatic carbocycles. The van der Waals surface area contributed by atoms with E-state index in [4.69, 9.17) is 5.73 Å². The van der Waals surface area contributed by atoms with Gasteiger partial charge in [-0.1, -0.05) is 29.3 Å². The minimum absolute atomic E-state index is 0. The van der Waals surface area contributed by atoms with E-state index in [1.54, 1.807) is 6.07 Å². The van der Waals surface area contributed by atoms with Crippen molar-refractivity contribution >= 4 is 28.3 Å². The molecule has 0 aromatic heterocycles. The zero-order valence-electron chi connectivity index (χ0n) is 7.97. The Morgan fingerprint density at radius 2 is 2.14 bits per heavy atom. The second kappa shape index (κ2) is 6.38. The molecule has 0 radical (unpaired) electrons. The van der Waals surface area contributed by atoms with Gasteiger partial charge in [0.2, 0.25) is 0 Å². The van der Waals surface area contributed by atoms with Crippen LogP contribution in [0.1, 0.15) is 31.4 Å². The fraction of sp³-hybridized carbons (Fsp3) is 0.400. The first kappa shape index (κ1) is 13.9. The Bertz CT molecular complexity index is 293. The number of rotatable bonds is 3. The van der Waals surface area contributed by atoms with E-state index in [2.05, 4.69) is 22.9 Å². The highest BCUT2D eigenvalue weighted by molar-refractivity contribution is 9.10. The molecule has 1 rings (SSSR count). The molecule has 80 valence electrons. The van der Waals surface area contributed by atoms with E-state index in [0.29, 0.717) is 0 Å². The van der Waals surface area contributed by atoms with Crippen molar-refractivity contribution in [3.63, 3.8) is 0 Å². The van der Waals surface area contributed by atoms with Gasteiger partial charge < -0.3 is 5.73 Å². The molecule has 0 saturated heterocycles. The molecule has 0 fully saturated rings. The molecule has 1 aromatic carbocycles. The fourth-order valence-electron chi connectivity index (χ4n) is 1.27. The van der Waals surface area contributed by atoms with Gasteiger partial charge in [0.05, 0.1) is 0 Å². The highest BCUT2D eigenvalue weighted by Crippen LogP contribution is 2.25. The van der Waals surface area contributed by atoms with E-state index < -0.39 is 0 Å². The standard InChI is InChI=1S/C10H13BrFN.ClH/c1-2-3-10(13)8-6-7(12)4-5-9(8)11;/h4-6,10H,2-3,13H2,1H3;1H/t10-;/m1./s1. The van der Waals surface area contributed by atoms with Crippen molar-refractivity contribution in [2.45, 2.75) is 25.8 Å². The van der Waals surface area contributed by atoms with E-state index in [1.807, 2.05) is 0 Å². The summed E-state index contributed by atoms with van der Waals surface area (Å²) in [6, 6.07) is 4.53. The summed E-state index contributed by atoms with van der Waals surface area (Å²) in [5.74, 6) is -0.232. The Morgan fingerprint density at radius 3 is 2.71 bits per heavy atom. The molecule has 0 aliphatic heterocycles. The Hall–Kier alpha value is -0.120. The average Bonchev–Trinajstić information content (AvgIpc) is 2.09. The van der Waals surface area contributed by atoms with Crippen molar-refractivity contribution in [1.29, 1.82) is 0 Å². The molecule has 0 amide bonds. The molecule has 0 heterocycles. The van der Waals surface area contributed by atoms with Crippen LogP contribution < -0.4 is 5.73 Å². The number of nitrogens with two attached hydrogens (primary N) is 1. The number of halogens is 3. The molecule has 1 atom stereocenters. The molecular formula is C10H14BrClFN. The summed E-state index contributed by atoms with van der Waals surface area (Å²) >= 11 is 3.35. The van der Waals surface area contributed by atoms with Crippen LogP contribution in [0.5, 0.6) is 0 Å². The van der Waals surface area contributed by atoms with Crippen molar-refractivity contribution in [3.05, 3.63) is 34.1 Å². The lowest BCUT2D eigenvalue weighted by molar-refractivity contribution is 0.603. The van der Waals surface area contributed by atoms with Gasteiger partial charge in [0.1, 0.15) is 5.82 Å². The Kier molecular flexibility index (Phi) is 6.33. The summed E-state index contributed by atoms with van der Waals surface area (Å²) in [6.07, 6.45) is 1.88. The Labute approximate surface area is 98.4 Å². The maximum atomic E-state index is 12.9. The fourth-order valence-corrected chi connectivity index (χ4v) is 1.81. The van der Waals surface area contributed by atoms with Crippen LogP contribution in [-0.4, -0.2) is 0 Å². The van der Waals surface area contributed by atoms with Crippen LogP contribution in [0.25, 0.3) is 0 Å². The lowest BCUT2D eigenvalue weighted by atomic mass is 10.0. The van der Waals surface area contributed by atoms with Gasteiger partial charge in [0.25, 0.3) is 0 Å². The first-order valence-electron chi connectivity index (χ1n) is 4.35. The number of benzene rings is 1. The van der Waals surface area contributed by atoms with Crippen LogP contribution >= 0.6 is 28.3 Å². The largest absolute Gasteiger partial charge is 0.324 e. The van der Waals surface area contributed by atoms with E-state index in [0.717, 1.165) is 22.9 Å². The first-order valence-corrected chi connectivity index (χ1v) is 5.15. The third-order valence-corrected chi connectivity index (χ3v) is 2.68. The van der Waals surface area contributed by atoms with Gasteiger partial charge in [-0.2, -0.15) is 0 Å². The van der Waals surface area contributed by atoms with Crippen molar-refractivity contribution in [2.75, 3.05) is 0 Å². The minimum atomic E-state index is -0.232. The maximum Gasteiger partial charge on any atom is 0.123 e. The normalized spacial score (nSPS) is 12.0. The molecule has 0 spiro atoms. The third kappa shape index (κ3) is 3.56. The quantitative estimate of drug-likeness (QED) is 0.896. The van der Waals surface area contributed by atoms with Gasteiger partial charge in [-0.3, -0.25) is 0 Å². The zero-order chi connectivity index (χ0) is 9.84. The van der Waals surface area contributed by atoms with Crippen molar-refractivity contribution in [2.24, 2.45) is 5.73 Å². The smallest absolute Gasteiger partial charge is 0.123 e. The Morgan fingerprint density at radius 1 is 1.50 bits per heavy atom. The summed E-state index contributed by atoms with van der Waals surface area (Å²) in [6.45, 7) is 2.06. The molecule has 1 aromatic rings. The predicted molar refractivity (Wildman–Crippen MR) is 63.2 cm³/mol. The molecular weight excluding hydrogens is 268 g/mol. The molecule has 0 aliphatic rings. The van der Waals surface area contributed by atoms with Gasteiger partial charge in [-0.05, 0) is 30.2 Å². The highest BCUT2D eigenvalue weighted by atomic mass is 79.9. The van der Waals surface area contributed by atoms with Crippen LogP contribution in [0.2, 0.25) is 0 Å². The van der Waals surface area contributed by atoms with Gasteiger partial charge in [0, 0.05) is 10.5 Å². The van der Waals surface area contributed by atoms with Crippen molar-refractivity contribution in [3.8, 4) is 0 Å². The number of hydrogen-bond donors (Lipinski definition) is 1. The van der Waals surface area contributed by atoms with Crippen LogP contribution in [0, 0.1) is 5.82 Å². The van der Waals surface area contributed by atoms with Crippen molar-refractivity contribution < 1.29 is 4.39 Å². The lowest BCUT2D eigenvalue weighted by Crippen LogP contribution is -2.10. The van der Waals surface area contributed by atoms with E-state index in [9.17, 15) is 4.39 Å². The van der Waals surface area contributed by atoms with Crippen molar-refractivity contribution in [1.82, 2.24) is 0 Å². The van der Waals surface area contributed by atoms with Gasteiger partial charge in [0.15, 0.2) is 0 Å². The number of hydrogen-bond acceptors (Lipinski definition) is 1. The van der Waals surface area contributed by atoms with E-state index in [-0.39, 0.29) is 24.3 Å².